The van der Waals surface area contributed by atoms with Crippen molar-refractivity contribution in [2.75, 3.05) is 13.7 Å². The number of rotatable bonds is 5. The second-order valence-electron chi connectivity index (χ2n) is 4.68. The monoisotopic (exact) mass is 430 g/mol. The molecule has 1 aromatic carbocycles. The summed E-state index contributed by atoms with van der Waals surface area (Å²) in [5.74, 6) is 0.875. The highest BCUT2D eigenvalue weighted by molar-refractivity contribution is 14.1. The van der Waals surface area contributed by atoms with Crippen LogP contribution in [-0.2, 0) is 0 Å². The molecule has 0 heterocycles. The van der Waals surface area contributed by atoms with E-state index in [1.165, 1.54) is 7.11 Å². The lowest BCUT2D eigenvalue weighted by atomic mass is 10.1. The van der Waals surface area contributed by atoms with Crippen LogP contribution < -0.4 is 15.8 Å². The SMILES string of the molecule is COc1cc(I)c(Cl)cc1C(=O)NCC(N)C1CC1.Cl. The van der Waals surface area contributed by atoms with Gasteiger partial charge in [-0.25, -0.2) is 0 Å². The molecule has 3 N–H and O–H groups in total. The van der Waals surface area contributed by atoms with E-state index in [1.807, 2.05) is 0 Å². The molecule has 0 aromatic heterocycles. The zero-order valence-corrected chi connectivity index (χ0v) is 14.7. The van der Waals surface area contributed by atoms with E-state index in [1.54, 1.807) is 12.1 Å². The van der Waals surface area contributed by atoms with Crippen LogP contribution in [0.4, 0.5) is 0 Å². The normalized spacial score (nSPS) is 15.2. The Morgan fingerprint density at radius 3 is 2.80 bits per heavy atom. The number of nitrogens with one attached hydrogen (secondary N) is 1. The van der Waals surface area contributed by atoms with E-state index >= 15 is 0 Å². The lowest BCUT2D eigenvalue weighted by molar-refractivity contribution is 0.0947. The van der Waals surface area contributed by atoms with Crippen molar-refractivity contribution in [3.05, 3.63) is 26.3 Å². The zero-order chi connectivity index (χ0) is 14.0. The first-order valence-corrected chi connectivity index (χ1v) is 7.55. The number of ether oxygens (including phenoxy) is 1. The lowest BCUT2D eigenvalue weighted by Gasteiger charge is -2.14. The van der Waals surface area contributed by atoms with Gasteiger partial charge in [0.15, 0.2) is 0 Å². The Morgan fingerprint density at radius 2 is 2.25 bits per heavy atom. The molecule has 0 aliphatic heterocycles. The zero-order valence-electron chi connectivity index (χ0n) is 11.0. The fourth-order valence-corrected chi connectivity index (χ4v) is 2.47. The quantitative estimate of drug-likeness (QED) is 0.706. The van der Waals surface area contributed by atoms with Gasteiger partial charge in [-0.05, 0) is 53.5 Å². The Bertz CT molecular complexity index is 496. The smallest absolute Gasteiger partial charge is 0.255 e. The summed E-state index contributed by atoms with van der Waals surface area (Å²) in [4.78, 5) is 12.1. The van der Waals surface area contributed by atoms with Crippen LogP contribution in [0.5, 0.6) is 5.75 Å². The van der Waals surface area contributed by atoms with Gasteiger partial charge in [0.1, 0.15) is 5.75 Å². The van der Waals surface area contributed by atoms with E-state index in [0.29, 0.717) is 28.8 Å². The second kappa shape index (κ2) is 7.68. The Hall–Kier alpha value is -0.240. The minimum absolute atomic E-state index is 0. The number of benzene rings is 1. The molecule has 0 spiro atoms. The Morgan fingerprint density at radius 1 is 1.60 bits per heavy atom. The first kappa shape index (κ1) is 17.8. The summed E-state index contributed by atoms with van der Waals surface area (Å²) in [6, 6.07) is 3.41. The molecule has 1 aromatic rings. The van der Waals surface area contributed by atoms with E-state index in [0.717, 1.165) is 16.4 Å². The van der Waals surface area contributed by atoms with Gasteiger partial charge in [-0.3, -0.25) is 4.79 Å². The average molecular weight is 431 g/mol. The topological polar surface area (TPSA) is 64.3 Å². The number of amides is 1. The minimum Gasteiger partial charge on any atom is -0.496 e. The third-order valence-electron chi connectivity index (χ3n) is 3.21. The third kappa shape index (κ3) is 4.38. The van der Waals surface area contributed by atoms with E-state index in [9.17, 15) is 4.79 Å². The summed E-state index contributed by atoms with van der Waals surface area (Å²) >= 11 is 8.14. The Balaban J connectivity index is 0.00000200. The molecule has 7 heteroatoms. The van der Waals surface area contributed by atoms with Crippen LogP contribution in [0.15, 0.2) is 12.1 Å². The number of nitrogens with two attached hydrogens (primary N) is 1. The predicted molar refractivity (Wildman–Crippen MR) is 91.0 cm³/mol. The highest BCUT2D eigenvalue weighted by atomic mass is 127. The van der Waals surface area contributed by atoms with Gasteiger partial charge in [0.25, 0.3) is 5.91 Å². The van der Waals surface area contributed by atoms with Gasteiger partial charge < -0.3 is 15.8 Å². The van der Waals surface area contributed by atoms with E-state index in [-0.39, 0.29) is 24.4 Å². The van der Waals surface area contributed by atoms with Crippen LogP contribution in [0.3, 0.4) is 0 Å². The van der Waals surface area contributed by atoms with Crippen molar-refractivity contribution in [2.45, 2.75) is 18.9 Å². The van der Waals surface area contributed by atoms with Crippen LogP contribution in [0.2, 0.25) is 5.02 Å². The maximum Gasteiger partial charge on any atom is 0.255 e. The average Bonchev–Trinajstić information content (AvgIpc) is 3.22. The molecule has 20 heavy (non-hydrogen) atoms. The molecular weight excluding hydrogens is 414 g/mol. The van der Waals surface area contributed by atoms with Gasteiger partial charge in [-0.15, -0.1) is 12.4 Å². The standard InChI is InChI=1S/C13H16ClIN2O2.ClH/c1-19-12-5-10(15)9(14)4-8(12)13(18)17-6-11(16)7-2-3-7;/h4-5,7,11H,2-3,6,16H2,1H3,(H,17,18);1H. The number of hydrogen-bond acceptors (Lipinski definition) is 3. The van der Waals surface area contributed by atoms with E-state index in [2.05, 4.69) is 27.9 Å². The van der Waals surface area contributed by atoms with Crippen LogP contribution in [0.1, 0.15) is 23.2 Å². The van der Waals surface area contributed by atoms with Crippen LogP contribution in [-0.4, -0.2) is 25.6 Å². The van der Waals surface area contributed by atoms with Gasteiger partial charge >= 0.3 is 0 Å². The van der Waals surface area contributed by atoms with Gasteiger partial charge in [-0.2, -0.15) is 0 Å². The van der Waals surface area contributed by atoms with E-state index in [4.69, 9.17) is 22.1 Å². The number of carbonyl (C=O) groups is 1. The summed E-state index contributed by atoms with van der Waals surface area (Å²) in [5.41, 5.74) is 6.40. The number of halogens is 3. The molecule has 1 aliphatic carbocycles. The highest BCUT2D eigenvalue weighted by Gasteiger charge is 2.28. The molecule has 0 bridgehead atoms. The molecule has 1 atom stereocenters. The highest BCUT2D eigenvalue weighted by Crippen LogP contribution is 2.31. The van der Waals surface area contributed by atoms with E-state index < -0.39 is 0 Å². The molecular formula is C13H17Cl2IN2O2. The molecule has 1 unspecified atom stereocenters. The van der Waals surface area contributed by atoms with Crippen LogP contribution >= 0.6 is 46.6 Å². The number of hydrogen-bond donors (Lipinski definition) is 2. The molecule has 1 aliphatic rings. The third-order valence-corrected chi connectivity index (χ3v) is 4.74. The molecule has 112 valence electrons. The van der Waals surface area contributed by atoms with Crippen molar-refractivity contribution in [1.29, 1.82) is 0 Å². The summed E-state index contributed by atoms with van der Waals surface area (Å²) in [5, 5.41) is 3.38. The summed E-state index contributed by atoms with van der Waals surface area (Å²) in [7, 11) is 1.53. The fourth-order valence-electron chi connectivity index (χ4n) is 1.87. The fraction of sp³-hybridized carbons (Fsp3) is 0.462. The lowest BCUT2D eigenvalue weighted by Crippen LogP contribution is -2.38. The van der Waals surface area contributed by atoms with Crippen molar-refractivity contribution in [2.24, 2.45) is 11.7 Å². The molecule has 2 rings (SSSR count). The van der Waals surface area contributed by atoms with Crippen molar-refractivity contribution in [3.8, 4) is 5.75 Å². The first-order chi connectivity index (χ1) is 9.02. The molecule has 1 amide bonds. The van der Waals surface area contributed by atoms with Gasteiger partial charge in [0, 0.05) is 16.2 Å². The summed E-state index contributed by atoms with van der Waals surface area (Å²) in [6.07, 6.45) is 2.32. The van der Waals surface area contributed by atoms with Crippen LogP contribution in [0.25, 0.3) is 0 Å². The molecule has 0 radical (unpaired) electrons. The van der Waals surface area contributed by atoms with Gasteiger partial charge in [0.05, 0.1) is 17.7 Å². The van der Waals surface area contributed by atoms with Gasteiger partial charge in [-0.1, -0.05) is 11.6 Å². The van der Waals surface area contributed by atoms with Crippen molar-refractivity contribution in [3.63, 3.8) is 0 Å². The van der Waals surface area contributed by atoms with Crippen LogP contribution in [0, 0.1) is 9.49 Å². The molecule has 4 nitrogen and oxygen atoms in total. The molecule has 0 saturated heterocycles. The molecule has 1 saturated carbocycles. The summed E-state index contributed by atoms with van der Waals surface area (Å²) < 4.78 is 6.06. The Kier molecular flexibility index (Phi) is 6.84. The summed E-state index contributed by atoms with van der Waals surface area (Å²) in [6.45, 7) is 0.482. The number of methoxy groups -OCH3 is 1. The second-order valence-corrected chi connectivity index (χ2v) is 6.25. The van der Waals surface area contributed by atoms with Crippen molar-refractivity contribution < 1.29 is 9.53 Å². The molecule has 1 fully saturated rings. The van der Waals surface area contributed by atoms with Gasteiger partial charge in [0.2, 0.25) is 0 Å². The maximum atomic E-state index is 12.1. The Labute approximate surface area is 143 Å². The first-order valence-electron chi connectivity index (χ1n) is 6.09. The predicted octanol–water partition coefficient (Wildman–Crippen LogP) is 2.84. The largest absolute Gasteiger partial charge is 0.496 e. The number of carbonyl (C=O) groups excluding carboxylic acids is 1. The minimum atomic E-state index is -0.203. The van der Waals surface area contributed by atoms with Crippen molar-refractivity contribution in [1.82, 2.24) is 5.32 Å². The maximum absolute atomic E-state index is 12.1. The van der Waals surface area contributed by atoms with Crippen molar-refractivity contribution >= 4 is 52.5 Å².